The second-order valence-corrected chi connectivity index (χ2v) is 4.90. The van der Waals surface area contributed by atoms with Gasteiger partial charge in [0, 0.05) is 13.2 Å². The molecule has 1 aliphatic rings. The number of rotatable bonds is 3. The van der Waals surface area contributed by atoms with Crippen LogP contribution in [-0.4, -0.2) is 37.3 Å². The van der Waals surface area contributed by atoms with Gasteiger partial charge >= 0.3 is 0 Å². The Kier molecular flexibility index (Phi) is 2.79. The second kappa shape index (κ2) is 3.35. The Morgan fingerprint density at radius 1 is 1.33 bits per heavy atom. The number of nitrogens with zero attached hydrogens (tertiary/aromatic N) is 1. The molecular weight excluding hydrogens is 150 g/mol. The molecule has 0 heterocycles. The first kappa shape index (κ1) is 10.0. The zero-order valence-corrected chi connectivity index (χ0v) is 8.67. The third-order valence-corrected chi connectivity index (χ3v) is 3.48. The van der Waals surface area contributed by atoms with Crippen LogP contribution in [0.1, 0.15) is 20.3 Å². The van der Waals surface area contributed by atoms with Crippen LogP contribution >= 0.6 is 0 Å². The zero-order valence-electron chi connectivity index (χ0n) is 8.67. The van der Waals surface area contributed by atoms with Crippen LogP contribution in [0.3, 0.4) is 0 Å². The van der Waals surface area contributed by atoms with E-state index in [9.17, 15) is 0 Å². The smallest absolute Gasteiger partial charge is 0.0464 e. The lowest BCUT2D eigenvalue weighted by Gasteiger charge is -2.52. The summed E-state index contributed by atoms with van der Waals surface area (Å²) in [5, 5.41) is 9.06. The molecule has 0 radical (unpaired) electrons. The first-order valence-corrected chi connectivity index (χ1v) is 4.74. The standard InChI is InChI=1S/C10H21NO/c1-10(2)8(6-11(3)4)5-9(10)7-12/h8-9,12H,5-7H2,1-4H3. The van der Waals surface area contributed by atoms with Gasteiger partial charge in [0.25, 0.3) is 0 Å². The first-order chi connectivity index (χ1) is 5.48. The largest absolute Gasteiger partial charge is 0.396 e. The van der Waals surface area contributed by atoms with Gasteiger partial charge in [0.2, 0.25) is 0 Å². The SMILES string of the molecule is CN(C)CC1CC(CO)C1(C)C. The van der Waals surface area contributed by atoms with Crippen molar-refractivity contribution in [2.24, 2.45) is 17.3 Å². The van der Waals surface area contributed by atoms with E-state index in [-0.39, 0.29) is 0 Å². The van der Waals surface area contributed by atoms with Gasteiger partial charge in [0.15, 0.2) is 0 Å². The van der Waals surface area contributed by atoms with E-state index >= 15 is 0 Å². The van der Waals surface area contributed by atoms with Gasteiger partial charge in [-0.25, -0.2) is 0 Å². The molecule has 1 aliphatic carbocycles. The maximum Gasteiger partial charge on any atom is 0.0464 e. The average Bonchev–Trinajstić information content (AvgIpc) is 1.96. The van der Waals surface area contributed by atoms with Crippen molar-refractivity contribution >= 4 is 0 Å². The summed E-state index contributed by atoms with van der Waals surface area (Å²) in [7, 11) is 4.23. The highest BCUT2D eigenvalue weighted by molar-refractivity contribution is 4.96. The molecule has 0 aromatic rings. The molecule has 2 atom stereocenters. The van der Waals surface area contributed by atoms with Crippen LogP contribution in [0, 0.1) is 17.3 Å². The van der Waals surface area contributed by atoms with Crippen molar-refractivity contribution in [1.29, 1.82) is 0 Å². The quantitative estimate of drug-likeness (QED) is 0.690. The highest BCUT2D eigenvalue weighted by atomic mass is 16.3. The van der Waals surface area contributed by atoms with E-state index in [4.69, 9.17) is 5.11 Å². The van der Waals surface area contributed by atoms with Gasteiger partial charge in [-0.15, -0.1) is 0 Å². The third-order valence-electron chi connectivity index (χ3n) is 3.48. The minimum Gasteiger partial charge on any atom is -0.396 e. The first-order valence-electron chi connectivity index (χ1n) is 4.74. The Bertz CT molecular complexity index is 154. The molecule has 1 rings (SSSR count). The van der Waals surface area contributed by atoms with Crippen LogP contribution in [0.4, 0.5) is 0 Å². The maximum atomic E-state index is 9.06. The van der Waals surface area contributed by atoms with E-state index in [1.807, 2.05) is 0 Å². The molecule has 2 heteroatoms. The third kappa shape index (κ3) is 1.64. The van der Waals surface area contributed by atoms with Crippen molar-refractivity contribution in [2.45, 2.75) is 20.3 Å². The van der Waals surface area contributed by atoms with E-state index in [1.54, 1.807) is 0 Å². The van der Waals surface area contributed by atoms with Crippen molar-refractivity contribution < 1.29 is 5.11 Å². The average molecular weight is 171 g/mol. The molecular formula is C10H21NO. The van der Waals surface area contributed by atoms with Crippen LogP contribution < -0.4 is 0 Å². The van der Waals surface area contributed by atoms with Gasteiger partial charge in [-0.2, -0.15) is 0 Å². The molecule has 0 amide bonds. The van der Waals surface area contributed by atoms with Crippen molar-refractivity contribution in [1.82, 2.24) is 4.90 Å². The molecule has 0 spiro atoms. The normalized spacial score (nSPS) is 33.5. The van der Waals surface area contributed by atoms with Gasteiger partial charge in [-0.05, 0) is 37.8 Å². The molecule has 1 saturated carbocycles. The van der Waals surface area contributed by atoms with Crippen LogP contribution in [0.5, 0.6) is 0 Å². The highest BCUT2D eigenvalue weighted by Crippen LogP contribution is 2.50. The molecule has 0 aromatic carbocycles. The van der Waals surface area contributed by atoms with E-state index < -0.39 is 0 Å². The van der Waals surface area contributed by atoms with Gasteiger partial charge in [-0.3, -0.25) is 0 Å². The van der Waals surface area contributed by atoms with Crippen molar-refractivity contribution in [3.63, 3.8) is 0 Å². The van der Waals surface area contributed by atoms with E-state index in [0.717, 1.165) is 12.5 Å². The van der Waals surface area contributed by atoms with Gasteiger partial charge in [-0.1, -0.05) is 13.8 Å². The Morgan fingerprint density at radius 2 is 1.92 bits per heavy atom. The van der Waals surface area contributed by atoms with Gasteiger partial charge < -0.3 is 10.0 Å². The maximum absolute atomic E-state index is 9.06. The molecule has 1 N–H and O–H groups in total. The van der Waals surface area contributed by atoms with Crippen LogP contribution in [0.2, 0.25) is 0 Å². The Balaban J connectivity index is 2.42. The summed E-state index contributed by atoms with van der Waals surface area (Å²) in [6, 6.07) is 0. The van der Waals surface area contributed by atoms with Crippen LogP contribution in [-0.2, 0) is 0 Å². The molecule has 0 aromatic heterocycles. The summed E-state index contributed by atoms with van der Waals surface area (Å²) < 4.78 is 0. The summed E-state index contributed by atoms with van der Waals surface area (Å²) in [6.45, 7) is 6.05. The predicted molar refractivity (Wildman–Crippen MR) is 51.0 cm³/mol. The van der Waals surface area contributed by atoms with Gasteiger partial charge in [0.05, 0.1) is 0 Å². The molecule has 12 heavy (non-hydrogen) atoms. The lowest BCUT2D eigenvalue weighted by atomic mass is 9.55. The monoisotopic (exact) mass is 171 g/mol. The molecule has 1 fully saturated rings. The Labute approximate surface area is 75.6 Å². The Morgan fingerprint density at radius 3 is 2.25 bits per heavy atom. The van der Waals surface area contributed by atoms with Crippen LogP contribution in [0.15, 0.2) is 0 Å². The van der Waals surface area contributed by atoms with Crippen LogP contribution in [0.25, 0.3) is 0 Å². The second-order valence-electron chi connectivity index (χ2n) is 4.90. The fraction of sp³-hybridized carbons (Fsp3) is 1.00. The molecule has 0 aliphatic heterocycles. The lowest BCUT2D eigenvalue weighted by molar-refractivity contribution is -0.0610. The molecule has 72 valence electrons. The fourth-order valence-electron chi connectivity index (χ4n) is 2.18. The van der Waals surface area contributed by atoms with Crippen molar-refractivity contribution in [3.05, 3.63) is 0 Å². The number of aliphatic hydroxyl groups is 1. The highest BCUT2D eigenvalue weighted by Gasteiger charge is 2.47. The number of hydrogen-bond donors (Lipinski definition) is 1. The summed E-state index contributed by atoms with van der Waals surface area (Å²) in [4.78, 5) is 2.24. The summed E-state index contributed by atoms with van der Waals surface area (Å²) in [5.74, 6) is 1.30. The van der Waals surface area contributed by atoms with Crippen molar-refractivity contribution in [2.75, 3.05) is 27.2 Å². The van der Waals surface area contributed by atoms with E-state index in [2.05, 4.69) is 32.8 Å². The zero-order chi connectivity index (χ0) is 9.35. The lowest BCUT2D eigenvalue weighted by Crippen LogP contribution is -2.50. The molecule has 0 bridgehead atoms. The molecule has 0 saturated heterocycles. The van der Waals surface area contributed by atoms with E-state index in [1.165, 1.54) is 6.42 Å². The fourth-order valence-corrected chi connectivity index (χ4v) is 2.18. The van der Waals surface area contributed by atoms with E-state index in [0.29, 0.717) is 17.9 Å². The van der Waals surface area contributed by atoms with Gasteiger partial charge in [0.1, 0.15) is 0 Å². The minimum atomic E-state index is 0.346. The summed E-state index contributed by atoms with van der Waals surface area (Å²) in [6.07, 6.45) is 1.20. The molecule has 2 nitrogen and oxygen atoms in total. The predicted octanol–water partition coefficient (Wildman–Crippen LogP) is 1.20. The number of hydrogen-bond acceptors (Lipinski definition) is 2. The van der Waals surface area contributed by atoms with Crippen molar-refractivity contribution in [3.8, 4) is 0 Å². The summed E-state index contributed by atoms with van der Waals surface area (Å²) >= 11 is 0. The summed E-state index contributed by atoms with van der Waals surface area (Å²) in [5.41, 5.74) is 0.346. The molecule has 2 unspecified atom stereocenters. The Hall–Kier alpha value is -0.0800. The topological polar surface area (TPSA) is 23.5 Å². The number of aliphatic hydroxyl groups excluding tert-OH is 1. The minimum absolute atomic E-state index is 0.346.